The molecule has 0 saturated carbocycles. The summed E-state index contributed by atoms with van der Waals surface area (Å²) in [5.41, 5.74) is 6.13. The summed E-state index contributed by atoms with van der Waals surface area (Å²) in [6, 6.07) is 0. The number of carbonyl (C=O) groups is 1. The lowest BCUT2D eigenvalue weighted by Crippen LogP contribution is -2.31. The first-order valence-electron chi connectivity index (χ1n) is 4.70. The third kappa shape index (κ3) is 4.37. The van der Waals surface area contributed by atoms with Gasteiger partial charge in [0, 0.05) is 18.5 Å². The molecule has 1 heterocycles. The summed E-state index contributed by atoms with van der Waals surface area (Å²) >= 11 is 1.45. The molecule has 0 fully saturated rings. The van der Waals surface area contributed by atoms with Gasteiger partial charge in [0.05, 0.1) is 18.2 Å². The van der Waals surface area contributed by atoms with E-state index < -0.39 is 6.10 Å². The van der Waals surface area contributed by atoms with Crippen LogP contribution in [0.3, 0.4) is 0 Å². The summed E-state index contributed by atoms with van der Waals surface area (Å²) in [6.45, 7) is 2.29. The van der Waals surface area contributed by atoms with Gasteiger partial charge in [0.2, 0.25) is 5.91 Å². The first-order valence-corrected chi connectivity index (χ1v) is 5.58. The van der Waals surface area contributed by atoms with E-state index in [1.807, 2.05) is 5.38 Å². The number of amides is 1. The molecule has 0 spiro atoms. The number of nitrogens with zero attached hydrogens (tertiary/aromatic N) is 1. The van der Waals surface area contributed by atoms with Crippen molar-refractivity contribution in [3.8, 4) is 0 Å². The molecule has 1 amide bonds. The first-order chi connectivity index (χ1) is 7.11. The summed E-state index contributed by atoms with van der Waals surface area (Å²) in [4.78, 5) is 15.5. The van der Waals surface area contributed by atoms with E-state index in [0.29, 0.717) is 6.54 Å². The van der Waals surface area contributed by atoms with Crippen LogP contribution in [0.4, 0.5) is 0 Å². The minimum absolute atomic E-state index is 0.134. The van der Waals surface area contributed by atoms with Crippen molar-refractivity contribution in [2.24, 2.45) is 5.73 Å². The number of hydrogen-bond donors (Lipinski definition) is 3. The normalized spacial score (nSPS) is 12.5. The van der Waals surface area contributed by atoms with Gasteiger partial charge < -0.3 is 16.2 Å². The van der Waals surface area contributed by atoms with E-state index in [1.165, 1.54) is 11.3 Å². The van der Waals surface area contributed by atoms with E-state index in [2.05, 4.69) is 10.3 Å². The van der Waals surface area contributed by atoms with Gasteiger partial charge in [0.1, 0.15) is 5.01 Å². The third-order valence-corrected chi connectivity index (χ3v) is 2.63. The lowest BCUT2D eigenvalue weighted by Gasteiger charge is -2.05. The highest BCUT2D eigenvalue weighted by atomic mass is 32.1. The average molecular weight is 229 g/mol. The Labute approximate surface area is 92.3 Å². The number of rotatable bonds is 5. The zero-order chi connectivity index (χ0) is 11.3. The van der Waals surface area contributed by atoms with E-state index in [4.69, 9.17) is 10.8 Å². The molecule has 0 aliphatic heterocycles. The lowest BCUT2D eigenvalue weighted by atomic mass is 10.3. The van der Waals surface area contributed by atoms with Crippen LogP contribution in [0, 0.1) is 0 Å². The van der Waals surface area contributed by atoms with Crippen molar-refractivity contribution >= 4 is 17.2 Å². The van der Waals surface area contributed by atoms with Gasteiger partial charge >= 0.3 is 0 Å². The van der Waals surface area contributed by atoms with Crippen LogP contribution in [0.1, 0.15) is 17.6 Å². The second kappa shape index (κ2) is 5.79. The van der Waals surface area contributed by atoms with E-state index in [1.54, 1.807) is 6.92 Å². The van der Waals surface area contributed by atoms with Crippen LogP contribution in [0.15, 0.2) is 5.38 Å². The molecule has 1 aromatic rings. The number of nitrogens with two attached hydrogens (primary N) is 1. The SMILES string of the molecule is CC(O)CNC(=O)Cc1csc(CN)n1. The van der Waals surface area contributed by atoms with Crippen LogP contribution >= 0.6 is 11.3 Å². The Balaban J connectivity index is 2.37. The largest absolute Gasteiger partial charge is 0.392 e. The molecule has 0 saturated heterocycles. The fourth-order valence-corrected chi connectivity index (χ4v) is 1.69. The minimum atomic E-state index is -0.524. The number of hydrogen-bond acceptors (Lipinski definition) is 5. The van der Waals surface area contributed by atoms with Crippen molar-refractivity contribution in [2.75, 3.05) is 6.54 Å². The number of aromatic nitrogens is 1. The number of nitrogens with one attached hydrogen (secondary N) is 1. The summed E-state index contributed by atoms with van der Waals surface area (Å²) in [5.74, 6) is -0.134. The van der Waals surface area contributed by atoms with Crippen molar-refractivity contribution in [1.29, 1.82) is 0 Å². The molecular weight excluding hydrogens is 214 g/mol. The molecule has 1 unspecified atom stereocenters. The highest BCUT2D eigenvalue weighted by Gasteiger charge is 2.07. The van der Waals surface area contributed by atoms with E-state index >= 15 is 0 Å². The molecule has 84 valence electrons. The Morgan fingerprint density at radius 1 is 1.80 bits per heavy atom. The lowest BCUT2D eigenvalue weighted by molar-refractivity contribution is -0.120. The van der Waals surface area contributed by atoms with Crippen LogP contribution in [0.2, 0.25) is 0 Å². The maximum absolute atomic E-state index is 11.3. The molecule has 15 heavy (non-hydrogen) atoms. The molecule has 0 aromatic carbocycles. The minimum Gasteiger partial charge on any atom is -0.392 e. The van der Waals surface area contributed by atoms with Crippen molar-refractivity contribution in [2.45, 2.75) is 26.0 Å². The zero-order valence-electron chi connectivity index (χ0n) is 8.56. The second-order valence-electron chi connectivity index (χ2n) is 3.27. The second-order valence-corrected chi connectivity index (χ2v) is 4.21. The van der Waals surface area contributed by atoms with Crippen molar-refractivity contribution in [3.05, 3.63) is 16.1 Å². The molecule has 0 aliphatic rings. The summed E-state index contributed by atoms with van der Waals surface area (Å²) in [7, 11) is 0. The molecule has 1 rings (SSSR count). The fourth-order valence-electron chi connectivity index (χ4n) is 1.01. The van der Waals surface area contributed by atoms with E-state index in [9.17, 15) is 4.79 Å². The molecular formula is C9H15N3O2S. The van der Waals surface area contributed by atoms with Gasteiger partial charge in [-0.1, -0.05) is 0 Å². The van der Waals surface area contributed by atoms with E-state index in [0.717, 1.165) is 10.7 Å². The van der Waals surface area contributed by atoms with Crippen molar-refractivity contribution < 1.29 is 9.90 Å². The maximum atomic E-state index is 11.3. The summed E-state index contributed by atoms with van der Waals surface area (Å²) in [5, 5.41) is 14.2. The average Bonchev–Trinajstić information content (AvgIpc) is 2.62. The Morgan fingerprint density at radius 2 is 2.53 bits per heavy atom. The Bertz CT molecular complexity index is 325. The van der Waals surface area contributed by atoms with Gasteiger partial charge in [0.15, 0.2) is 0 Å². The van der Waals surface area contributed by atoms with Crippen LogP contribution in [-0.2, 0) is 17.8 Å². The Kier molecular flexibility index (Phi) is 4.67. The van der Waals surface area contributed by atoms with Gasteiger partial charge in [0.25, 0.3) is 0 Å². The highest BCUT2D eigenvalue weighted by Crippen LogP contribution is 2.09. The van der Waals surface area contributed by atoms with Crippen molar-refractivity contribution in [3.63, 3.8) is 0 Å². The summed E-state index contributed by atoms with van der Waals surface area (Å²) in [6.07, 6.45) is -0.285. The number of thiazole rings is 1. The number of aliphatic hydroxyl groups is 1. The van der Waals surface area contributed by atoms with Crippen LogP contribution in [-0.4, -0.2) is 28.6 Å². The van der Waals surface area contributed by atoms with Gasteiger partial charge in [-0.15, -0.1) is 11.3 Å². The molecule has 0 radical (unpaired) electrons. The molecule has 1 atom stereocenters. The highest BCUT2D eigenvalue weighted by molar-refractivity contribution is 7.09. The topological polar surface area (TPSA) is 88.2 Å². The molecule has 1 aromatic heterocycles. The van der Waals surface area contributed by atoms with E-state index in [-0.39, 0.29) is 18.9 Å². The Morgan fingerprint density at radius 3 is 3.07 bits per heavy atom. The monoisotopic (exact) mass is 229 g/mol. The first kappa shape index (κ1) is 12.1. The third-order valence-electron chi connectivity index (χ3n) is 1.71. The summed E-state index contributed by atoms with van der Waals surface area (Å²) < 4.78 is 0. The predicted molar refractivity (Wildman–Crippen MR) is 58.4 cm³/mol. The van der Waals surface area contributed by atoms with Crippen LogP contribution in [0.25, 0.3) is 0 Å². The molecule has 4 N–H and O–H groups in total. The standard InChI is InChI=1S/C9H15N3O2S/c1-6(13)4-11-8(14)2-7-5-15-9(3-10)12-7/h5-6,13H,2-4,10H2,1H3,(H,11,14). The van der Waals surface area contributed by atoms with Crippen molar-refractivity contribution in [1.82, 2.24) is 10.3 Å². The smallest absolute Gasteiger partial charge is 0.226 e. The number of carbonyl (C=O) groups excluding carboxylic acids is 1. The quantitative estimate of drug-likeness (QED) is 0.643. The van der Waals surface area contributed by atoms with Gasteiger partial charge in [-0.2, -0.15) is 0 Å². The van der Waals surface area contributed by atoms with Gasteiger partial charge in [-0.05, 0) is 6.92 Å². The molecule has 6 heteroatoms. The Hall–Kier alpha value is -0.980. The van der Waals surface area contributed by atoms with Crippen LogP contribution in [0.5, 0.6) is 0 Å². The van der Waals surface area contributed by atoms with Gasteiger partial charge in [-0.25, -0.2) is 4.98 Å². The van der Waals surface area contributed by atoms with Gasteiger partial charge in [-0.3, -0.25) is 4.79 Å². The molecule has 5 nitrogen and oxygen atoms in total. The fraction of sp³-hybridized carbons (Fsp3) is 0.556. The van der Waals surface area contributed by atoms with Crippen LogP contribution < -0.4 is 11.1 Å². The molecule has 0 bridgehead atoms. The maximum Gasteiger partial charge on any atom is 0.226 e. The predicted octanol–water partition coefficient (Wildman–Crippen LogP) is -0.359. The zero-order valence-corrected chi connectivity index (χ0v) is 9.38. The molecule has 0 aliphatic carbocycles. The number of aliphatic hydroxyl groups excluding tert-OH is 1.